The third-order valence-corrected chi connectivity index (χ3v) is 10.3. The fraction of sp³-hybridized carbons (Fsp3) is 0. The molecule has 258 valence electrons. The Labute approximate surface area is 319 Å². The smallest absolute Gasteiger partial charge is 0.160 e. The molecule has 55 heavy (non-hydrogen) atoms. The van der Waals surface area contributed by atoms with Crippen molar-refractivity contribution >= 4 is 21.9 Å². The molecular formula is C52H34N2O. The summed E-state index contributed by atoms with van der Waals surface area (Å²) in [5, 5.41) is 2.21. The van der Waals surface area contributed by atoms with Crippen LogP contribution in [0.25, 0.3) is 100 Å². The number of nitrogens with zero attached hydrogens (tertiary/aromatic N) is 2. The van der Waals surface area contributed by atoms with E-state index in [1.54, 1.807) is 0 Å². The second-order valence-electron chi connectivity index (χ2n) is 13.8. The van der Waals surface area contributed by atoms with Crippen LogP contribution in [0.2, 0.25) is 0 Å². The topological polar surface area (TPSA) is 38.9 Å². The van der Waals surface area contributed by atoms with Crippen molar-refractivity contribution in [3.63, 3.8) is 0 Å². The van der Waals surface area contributed by atoms with E-state index in [9.17, 15) is 0 Å². The minimum absolute atomic E-state index is 0.673. The van der Waals surface area contributed by atoms with Crippen LogP contribution in [0.5, 0.6) is 0 Å². The summed E-state index contributed by atoms with van der Waals surface area (Å²) in [6.45, 7) is 0. The molecule has 0 unspecified atom stereocenters. The SMILES string of the molecule is c1ccc(-c2ccc(-c3cc(-c4cc(-c5ccccc5)cc(-c5cccc6oc7ccccc7c56)c4)nc(-c4cccc(-c5ccccc5)c4)n3)cc2)cc1. The number of hydrogen-bond donors (Lipinski definition) is 0. The second kappa shape index (κ2) is 13.9. The Balaban J connectivity index is 1.18. The molecule has 10 aromatic rings. The van der Waals surface area contributed by atoms with Gasteiger partial charge in [-0.15, -0.1) is 0 Å². The first kappa shape index (κ1) is 32.3. The molecule has 0 atom stereocenters. The molecule has 0 spiro atoms. The molecule has 3 nitrogen and oxygen atoms in total. The molecule has 0 radical (unpaired) electrons. The van der Waals surface area contributed by atoms with E-state index < -0.39 is 0 Å². The largest absolute Gasteiger partial charge is 0.456 e. The van der Waals surface area contributed by atoms with Gasteiger partial charge >= 0.3 is 0 Å². The molecule has 0 fully saturated rings. The van der Waals surface area contributed by atoms with E-state index in [2.05, 4.69) is 182 Å². The van der Waals surface area contributed by atoms with E-state index in [4.69, 9.17) is 14.4 Å². The maximum atomic E-state index is 6.33. The van der Waals surface area contributed by atoms with Crippen LogP contribution in [0.15, 0.2) is 211 Å². The maximum absolute atomic E-state index is 6.33. The summed E-state index contributed by atoms with van der Waals surface area (Å²) in [5.74, 6) is 0.673. The molecule has 2 heterocycles. The minimum Gasteiger partial charge on any atom is -0.456 e. The quantitative estimate of drug-likeness (QED) is 0.166. The van der Waals surface area contributed by atoms with Gasteiger partial charge in [-0.25, -0.2) is 9.97 Å². The van der Waals surface area contributed by atoms with Gasteiger partial charge in [-0.05, 0) is 87.0 Å². The standard InChI is InChI=1S/C52H34N2O/c1-4-14-35(15-5-1)38-26-28-39(29-27-38)47-34-48(54-52(53-47)41-21-12-20-40(30-41)36-16-6-2-7-17-36)44-32-42(37-18-8-3-9-19-37)31-43(33-44)45-23-13-25-50-51(45)46-22-10-11-24-49(46)55-50/h1-34H. The predicted octanol–water partition coefficient (Wildman–Crippen LogP) is 14.0. The second-order valence-corrected chi connectivity index (χ2v) is 13.8. The van der Waals surface area contributed by atoms with Gasteiger partial charge in [0.1, 0.15) is 11.2 Å². The van der Waals surface area contributed by atoms with Crippen molar-refractivity contribution in [3.8, 4) is 78.4 Å². The van der Waals surface area contributed by atoms with Crippen LogP contribution < -0.4 is 0 Å². The van der Waals surface area contributed by atoms with Gasteiger partial charge in [-0.2, -0.15) is 0 Å². The van der Waals surface area contributed by atoms with Crippen LogP contribution >= 0.6 is 0 Å². The Morgan fingerprint density at radius 1 is 0.291 bits per heavy atom. The number of benzene rings is 8. The molecule has 0 amide bonds. The Morgan fingerprint density at radius 3 is 1.49 bits per heavy atom. The number of furan rings is 1. The normalized spacial score (nSPS) is 11.3. The summed E-state index contributed by atoms with van der Waals surface area (Å²) >= 11 is 0. The molecule has 10 rings (SSSR count). The van der Waals surface area contributed by atoms with Crippen molar-refractivity contribution in [2.45, 2.75) is 0 Å². The van der Waals surface area contributed by atoms with Gasteiger partial charge in [0.2, 0.25) is 0 Å². The first-order chi connectivity index (χ1) is 27.2. The van der Waals surface area contributed by atoms with Gasteiger partial charge in [0.25, 0.3) is 0 Å². The van der Waals surface area contributed by atoms with Gasteiger partial charge in [-0.3, -0.25) is 0 Å². The molecule has 0 saturated carbocycles. The van der Waals surface area contributed by atoms with E-state index in [1.807, 2.05) is 24.3 Å². The van der Waals surface area contributed by atoms with Gasteiger partial charge in [0.15, 0.2) is 5.82 Å². The summed E-state index contributed by atoms with van der Waals surface area (Å²) < 4.78 is 6.33. The van der Waals surface area contributed by atoms with Crippen LogP contribution in [-0.2, 0) is 0 Å². The Morgan fingerprint density at radius 2 is 0.764 bits per heavy atom. The summed E-state index contributed by atoms with van der Waals surface area (Å²) in [6.07, 6.45) is 0. The highest BCUT2D eigenvalue weighted by molar-refractivity contribution is 6.12. The number of para-hydroxylation sites is 1. The predicted molar refractivity (Wildman–Crippen MR) is 227 cm³/mol. The number of fused-ring (bicyclic) bond motifs is 3. The molecule has 0 aliphatic carbocycles. The lowest BCUT2D eigenvalue weighted by Gasteiger charge is -2.14. The average molecular weight is 703 g/mol. The molecule has 0 aliphatic heterocycles. The van der Waals surface area contributed by atoms with E-state index in [1.165, 1.54) is 5.56 Å². The molecule has 8 aromatic carbocycles. The zero-order valence-electron chi connectivity index (χ0n) is 29.9. The lowest BCUT2D eigenvalue weighted by Crippen LogP contribution is -1.97. The van der Waals surface area contributed by atoms with Crippen LogP contribution in [0.3, 0.4) is 0 Å². The Hall–Kier alpha value is -7.36. The Bertz CT molecular complexity index is 2950. The van der Waals surface area contributed by atoms with Crippen LogP contribution in [0.1, 0.15) is 0 Å². The fourth-order valence-electron chi connectivity index (χ4n) is 7.55. The highest BCUT2D eigenvalue weighted by Crippen LogP contribution is 2.40. The zero-order valence-corrected chi connectivity index (χ0v) is 29.9. The monoisotopic (exact) mass is 702 g/mol. The molecule has 0 N–H and O–H groups in total. The van der Waals surface area contributed by atoms with Crippen molar-refractivity contribution in [3.05, 3.63) is 206 Å². The highest BCUT2D eigenvalue weighted by atomic mass is 16.3. The summed E-state index contributed by atoms with van der Waals surface area (Å²) in [4.78, 5) is 10.6. The first-order valence-corrected chi connectivity index (χ1v) is 18.6. The van der Waals surface area contributed by atoms with Gasteiger partial charge in [-0.1, -0.05) is 164 Å². The number of aromatic nitrogens is 2. The van der Waals surface area contributed by atoms with Crippen molar-refractivity contribution in [2.24, 2.45) is 0 Å². The van der Waals surface area contributed by atoms with Gasteiger partial charge in [0, 0.05) is 27.5 Å². The van der Waals surface area contributed by atoms with Crippen LogP contribution in [0.4, 0.5) is 0 Å². The van der Waals surface area contributed by atoms with E-state index in [0.717, 1.165) is 89.0 Å². The average Bonchev–Trinajstić information content (AvgIpc) is 3.66. The summed E-state index contributed by atoms with van der Waals surface area (Å²) in [7, 11) is 0. The zero-order chi connectivity index (χ0) is 36.6. The van der Waals surface area contributed by atoms with Crippen LogP contribution in [-0.4, -0.2) is 9.97 Å². The summed E-state index contributed by atoms with van der Waals surface area (Å²) in [5.41, 5.74) is 15.5. The minimum atomic E-state index is 0.673. The lowest BCUT2D eigenvalue weighted by molar-refractivity contribution is 0.669. The number of hydrogen-bond acceptors (Lipinski definition) is 3. The molecule has 0 aliphatic rings. The Kier molecular flexibility index (Phi) is 8.16. The first-order valence-electron chi connectivity index (χ1n) is 18.6. The molecule has 0 saturated heterocycles. The van der Waals surface area contributed by atoms with Crippen molar-refractivity contribution < 1.29 is 4.42 Å². The molecular weight excluding hydrogens is 669 g/mol. The van der Waals surface area contributed by atoms with Crippen LogP contribution in [0, 0.1) is 0 Å². The maximum Gasteiger partial charge on any atom is 0.160 e. The lowest BCUT2D eigenvalue weighted by atomic mass is 9.92. The van der Waals surface area contributed by atoms with Crippen molar-refractivity contribution in [2.75, 3.05) is 0 Å². The van der Waals surface area contributed by atoms with Crippen molar-refractivity contribution in [1.82, 2.24) is 9.97 Å². The summed E-state index contributed by atoms with van der Waals surface area (Å²) in [6, 6.07) is 72.2. The fourth-order valence-corrected chi connectivity index (χ4v) is 7.55. The van der Waals surface area contributed by atoms with Gasteiger partial charge in [0.05, 0.1) is 11.4 Å². The molecule has 3 heteroatoms. The highest BCUT2D eigenvalue weighted by Gasteiger charge is 2.17. The van der Waals surface area contributed by atoms with Crippen molar-refractivity contribution in [1.29, 1.82) is 0 Å². The van der Waals surface area contributed by atoms with Gasteiger partial charge < -0.3 is 4.42 Å². The van der Waals surface area contributed by atoms with E-state index in [0.29, 0.717) is 5.82 Å². The third-order valence-electron chi connectivity index (χ3n) is 10.3. The molecule has 2 aromatic heterocycles. The third kappa shape index (κ3) is 6.28. The number of rotatable bonds is 7. The molecule has 0 bridgehead atoms. The van der Waals surface area contributed by atoms with E-state index >= 15 is 0 Å². The van der Waals surface area contributed by atoms with E-state index in [-0.39, 0.29) is 0 Å².